The van der Waals surface area contributed by atoms with Crippen LogP contribution >= 0.6 is 0 Å². The highest BCUT2D eigenvalue weighted by Crippen LogP contribution is 2.31. The van der Waals surface area contributed by atoms with E-state index in [4.69, 9.17) is 4.74 Å². The summed E-state index contributed by atoms with van der Waals surface area (Å²) in [6.07, 6.45) is -2.59. The maximum absolute atomic E-state index is 13.8. The third-order valence-electron chi connectivity index (χ3n) is 4.65. The maximum atomic E-state index is 13.8. The smallest absolute Gasteiger partial charge is 0.456 e. The molecule has 2 heterocycles. The SMILES string of the molecule is Cc1cc(OC(F)(F)F)cc(-c2cc(C(=O)OCc3ccccc3)nn2-c2cncc(F)c2)c1. The van der Waals surface area contributed by atoms with E-state index in [-0.39, 0.29) is 29.2 Å². The summed E-state index contributed by atoms with van der Waals surface area (Å²) in [4.78, 5) is 16.5. The van der Waals surface area contributed by atoms with Crippen molar-refractivity contribution in [3.8, 4) is 22.7 Å². The number of rotatable bonds is 6. The van der Waals surface area contributed by atoms with Gasteiger partial charge in [-0.15, -0.1) is 13.2 Å². The fourth-order valence-electron chi connectivity index (χ4n) is 3.29. The Morgan fingerprint density at radius 3 is 2.50 bits per heavy atom. The predicted molar refractivity (Wildman–Crippen MR) is 114 cm³/mol. The Morgan fingerprint density at radius 1 is 1.03 bits per heavy atom. The normalized spacial score (nSPS) is 11.3. The lowest BCUT2D eigenvalue weighted by Gasteiger charge is -2.12. The predicted octanol–water partition coefficient (Wildman–Crippen LogP) is 5.64. The zero-order chi connectivity index (χ0) is 24.3. The molecule has 6 nitrogen and oxygen atoms in total. The van der Waals surface area contributed by atoms with Crippen molar-refractivity contribution >= 4 is 5.97 Å². The summed E-state index contributed by atoms with van der Waals surface area (Å²) in [5, 5.41) is 4.22. The molecule has 10 heteroatoms. The highest BCUT2D eigenvalue weighted by molar-refractivity contribution is 5.89. The molecule has 0 aliphatic heterocycles. The summed E-state index contributed by atoms with van der Waals surface area (Å²) < 4.78 is 62.8. The molecule has 0 amide bonds. The van der Waals surface area contributed by atoms with Gasteiger partial charge in [0, 0.05) is 11.6 Å². The maximum Gasteiger partial charge on any atom is 0.573 e. The van der Waals surface area contributed by atoms with Crippen molar-refractivity contribution in [1.29, 1.82) is 0 Å². The van der Waals surface area contributed by atoms with Gasteiger partial charge in [-0.3, -0.25) is 4.98 Å². The molecule has 34 heavy (non-hydrogen) atoms. The number of hydrogen-bond donors (Lipinski definition) is 0. The number of carbonyl (C=O) groups excluding carboxylic acids is 1. The van der Waals surface area contributed by atoms with E-state index < -0.39 is 23.9 Å². The lowest BCUT2D eigenvalue weighted by Crippen LogP contribution is -2.17. The minimum atomic E-state index is -4.88. The second kappa shape index (κ2) is 9.34. The average molecular weight is 471 g/mol. The Bertz CT molecular complexity index is 1320. The molecular weight excluding hydrogens is 454 g/mol. The van der Waals surface area contributed by atoms with Gasteiger partial charge in [0.05, 0.1) is 23.8 Å². The van der Waals surface area contributed by atoms with Crippen LogP contribution in [0.1, 0.15) is 21.6 Å². The molecule has 0 spiro atoms. The molecule has 0 saturated carbocycles. The highest BCUT2D eigenvalue weighted by Gasteiger charge is 2.31. The van der Waals surface area contributed by atoms with Gasteiger partial charge < -0.3 is 9.47 Å². The van der Waals surface area contributed by atoms with Gasteiger partial charge in [-0.1, -0.05) is 30.3 Å². The number of aromatic nitrogens is 3. The summed E-state index contributed by atoms with van der Waals surface area (Å²) in [5.41, 5.74) is 1.76. The lowest BCUT2D eigenvalue weighted by atomic mass is 10.1. The summed E-state index contributed by atoms with van der Waals surface area (Å²) in [6, 6.07) is 15.4. The molecule has 174 valence electrons. The topological polar surface area (TPSA) is 66.2 Å². The van der Waals surface area contributed by atoms with E-state index >= 15 is 0 Å². The minimum absolute atomic E-state index is 0.00258. The molecule has 0 N–H and O–H groups in total. The van der Waals surface area contributed by atoms with Crippen LogP contribution in [0.3, 0.4) is 0 Å². The van der Waals surface area contributed by atoms with Crippen molar-refractivity contribution in [2.45, 2.75) is 19.9 Å². The third-order valence-corrected chi connectivity index (χ3v) is 4.65. The molecule has 0 aliphatic carbocycles. The lowest BCUT2D eigenvalue weighted by molar-refractivity contribution is -0.274. The van der Waals surface area contributed by atoms with Gasteiger partial charge in [0.2, 0.25) is 0 Å². The van der Waals surface area contributed by atoms with Crippen LogP contribution in [0.25, 0.3) is 16.9 Å². The fraction of sp³-hybridized carbons (Fsp3) is 0.125. The van der Waals surface area contributed by atoms with Crippen LogP contribution in [0.15, 0.2) is 73.1 Å². The van der Waals surface area contributed by atoms with E-state index in [0.29, 0.717) is 5.56 Å². The molecule has 0 bridgehead atoms. The van der Waals surface area contributed by atoms with Crippen LogP contribution in [0, 0.1) is 12.7 Å². The Hall–Kier alpha value is -4.21. The van der Waals surface area contributed by atoms with E-state index in [2.05, 4.69) is 14.8 Å². The Balaban J connectivity index is 1.74. The first-order valence-electron chi connectivity index (χ1n) is 9.98. The molecule has 2 aromatic carbocycles. The van der Waals surface area contributed by atoms with Gasteiger partial charge in [-0.2, -0.15) is 5.10 Å². The first-order valence-corrected chi connectivity index (χ1v) is 9.98. The number of esters is 1. The van der Waals surface area contributed by atoms with E-state index in [9.17, 15) is 22.4 Å². The number of nitrogens with zero attached hydrogens (tertiary/aromatic N) is 3. The van der Waals surface area contributed by atoms with Crippen molar-refractivity contribution in [3.63, 3.8) is 0 Å². The van der Waals surface area contributed by atoms with Crippen molar-refractivity contribution in [2.75, 3.05) is 0 Å². The number of carbonyl (C=O) groups is 1. The van der Waals surface area contributed by atoms with Crippen molar-refractivity contribution in [2.24, 2.45) is 0 Å². The third kappa shape index (κ3) is 5.58. The molecule has 0 radical (unpaired) electrons. The van der Waals surface area contributed by atoms with Gasteiger partial charge in [-0.05, 0) is 42.3 Å². The van der Waals surface area contributed by atoms with Crippen LogP contribution < -0.4 is 4.74 Å². The molecule has 0 aliphatic rings. The second-order valence-electron chi connectivity index (χ2n) is 7.33. The summed E-state index contributed by atoms with van der Waals surface area (Å²) >= 11 is 0. The first-order chi connectivity index (χ1) is 16.2. The minimum Gasteiger partial charge on any atom is -0.456 e. The standard InChI is InChI=1S/C24H17F4N3O3/c1-15-7-17(9-20(8-15)34-24(26,27)28)22-11-21(23(32)33-14-16-5-3-2-4-6-16)30-31(22)19-10-18(25)12-29-13-19/h2-13H,14H2,1H3. The zero-order valence-electron chi connectivity index (χ0n) is 17.7. The van der Waals surface area contributed by atoms with Gasteiger partial charge in [0.15, 0.2) is 5.69 Å². The second-order valence-corrected chi connectivity index (χ2v) is 7.33. The molecule has 0 atom stereocenters. The molecule has 2 aromatic heterocycles. The highest BCUT2D eigenvalue weighted by atomic mass is 19.4. The Morgan fingerprint density at radius 2 is 1.79 bits per heavy atom. The largest absolute Gasteiger partial charge is 0.573 e. The molecule has 0 unspecified atom stereocenters. The van der Waals surface area contributed by atoms with Crippen molar-refractivity contribution in [1.82, 2.24) is 14.8 Å². The number of pyridine rings is 1. The van der Waals surface area contributed by atoms with E-state index in [1.807, 2.05) is 6.07 Å². The van der Waals surface area contributed by atoms with Crippen LogP contribution in [0.2, 0.25) is 0 Å². The Labute approximate surface area is 191 Å². The molecule has 0 fully saturated rings. The Kier molecular flexibility index (Phi) is 6.31. The van der Waals surface area contributed by atoms with Crippen LogP contribution in [-0.2, 0) is 11.3 Å². The summed E-state index contributed by atoms with van der Waals surface area (Å²) in [5.74, 6) is -1.86. The van der Waals surface area contributed by atoms with Gasteiger partial charge in [0.25, 0.3) is 0 Å². The number of ether oxygens (including phenoxy) is 2. The quantitative estimate of drug-likeness (QED) is 0.269. The van der Waals surface area contributed by atoms with E-state index in [1.165, 1.54) is 23.0 Å². The van der Waals surface area contributed by atoms with Crippen LogP contribution in [0.4, 0.5) is 17.6 Å². The van der Waals surface area contributed by atoms with Crippen LogP contribution in [0.5, 0.6) is 5.75 Å². The fourth-order valence-corrected chi connectivity index (χ4v) is 3.29. The van der Waals surface area contributed by atoms with E-state index in [1.54, 1.807) is 37.3 Å². The molecule has 4 aromatic rings. The number of alkyl halides is 3. The molecule has 0 saturated heterocycles. The molecule has 4 rings (SSSR count). The van der Waals surface area contributed by atoms with Gasteiger partial charge >= 0.3 is 12.3 Å². The zero-order valence-corrected chi connectivity index (χ0v) is 17.7. The van der Waals surface area contributed by atoms with Crippen molar-refractivity contribution < 1.29 is 31.8 Å². The average Bonchev–Trinajstić information content (AvgIpc) is 3.22. The molecular formula is C24H17F4N3O3. The van der Waals surface area contributed by atoms with Crippen LogP contribution in [-0.4, -0.2) is 27.1 Å². The van der Waals surface area contributed by atoms with Crippen molar-refractivity contribution in [3.05, 3.63) is 95.7 Å². The van der Waals surface area contributed by atoms with E-state index in [0.717, 1.165) is 23.9 Å². The number of halogens is 4. The number of benzene rings is 2. The first kappa shape index (κ1) is 23.0. The summed E-state index contributed by atoms with van der Waals surface area (Å²) in [6.45, 7) is 1.59. The summed E-state index contributed by atoms with van der Waals surface area (Å²) in [7, 11) is 0. The van der Waals surface area contributed by atoms with Gasteiger partial charge in [-0.25, -0.2) is 13.9 Å². The number of aryl methyl sites for hydroxylation is 1. The number of hydrogen-bond acceptors (Lipinski definition) is 5. The monoisotopic (exact) mass is 471 g/mol. The van der Waals surface area contributed by atoms with Gasteiger partial charge in [0.1, 0.15) is 18.2 Å².